The highest BCUT2D eigenvalue weighted by Gasteiger charge is 2.36. The molecule has 0 aromatic rings. The van der Waals surface area contributed by atoms with Crippen molar-refractivity contribution in [3.63, 3.8) is 0 Å². The number of hydrogen-bond acceptors (Lipinski definition) is 9. The Morgan fingerprint density at radius 3 is 1.84 bits per heavy atom. The number of rotatable bonds is 38. The molecule has 55 heavy (non-hydrogen) atoms. The highest BCUT2D eigenvalue weighted by atomic mass is 31.2. The number of phosphoric acid groups is 1. The summed E-state index contributed by atoms with van der Waals surface area (Å²) in [4.78, 5) is 37.5. The van der Waals surface area contributed by atoms with Crippen LogP contribution in [0.2, 0.25) is 0 Å². The van der Waals surface area contributed by atoms with Crippen LogP contribution in [0.25, 0.3) is 0 Å². The fraction of sp³-hybridized carbons (Fsp3) is 0.818. The Hall–Kier alpha value is -1.81. The van der Waals surface area contributed by atoms with E-state index >= 15 is 0 Å². The quantitative estimate of drug-likeness (QED) is 0.0150. The summed E-state index contributed by atoms with van der Waals surface area (Å²) in [6.07, 6.45) is 37.5. The molecular formula is C44H80NO9P. The fourth-order valence-electron chi connectivity index (χ4n) is 5.98. The number of unbranched alkanes of at least 4 members (excludes halogenated alkanes) is 15. The number of quaternary nitrogens is 1. The molecule has 0 spiro atoms. The second-order valence-corrected chi connectivity index (χ2v) is 17.5. The first-order valence-electron chi connectivity index (χ1n) is 21.8. The maximum atomic E-state index is 12.7. The first-order chi connectivity index (χ1) is 26.5. The largest absolute Gasteiger partial charge is 0.756 e. The molecular weight excluding hydrogens is 717 g/mol. The van der Waals surface area contributed by atoms with Crippen molar-refractivity contribution in [1.82, 2.24) is 0 Å². The minimum absolute atomic E-state index is 0.0394. The molecule has 1 aliphatic rings. The Labute approximate surface area is 336 Å². The Balaban J connectivity index is 2.31. The average molecular weight is 798 g/mol. The Morgan fingerprint density at radius 2 is 1.22 bits per heavy atom. The van der Waals surface area contributed by atoms with Crippen LogP contribution in [0.15, 0.2) is 36.5 Å². The van der Waals surface area contributed by atoms with Gasteiger partial charge in [-0.15, -0.1) is 0 Å². The van der Waals surface area contributed by atoms with Crippen molar-refractivity contribution in [2.75, 3.05) is 47.5 Å². The van der Waals surface area contributed by atoms with Gasteiger partial charge in [0, 0.05) is 12.8 Å². The van der Waals surface area contributed by atoms with Crippen LogP contribution in [-0.2, 0) is 37.4 Å². The topological polar surface area (TPSA) is 124 Å². The average Bonchev–Trinajstić information content (AvgIpc) is 3.89. The number of hydrogen-bond donors (Lipinski definition) is 0. The number of nitrogens with zero attached hydrogens (tertiary/aromatic N) is 1. The lowest BCUT2D eigenvalue weighted by Gasteiger charge is -2.28. The van der Waals surface area contributed by atoms with E-state index in [1.54, 1.807) is 0 Å². The maximum Gasteiger partial charge on any atom is 0.306 e. The highest BCUT2D eigenvalue weighted by molar-refractivity contribution is 7.45. The first-order valence-corrected chi connectivity index (χ1v) is 23.3. The van der Waals surface area contributed by atoms with Crippen molar-refractivity contribution in [3.8, 4) is 0 Å². The molecule has 0 saturated carbocycles. The molecule has 0 aliphatic carbocycles. The van der Waals surface area contributed by atoms with Crippen LogP contribution in [0.5, 0.6) is 0 Å². The summed E-state index contributed by atoms with van der Waals surface area (Å²) in [5.74, 6) is -0.875. The summed E-state index contributed by atoms with van der Waals surface area (Å²) in [6, 6.07) is 0. The van der Waals surface area contributed by atoms with Crippen LogP contribution in [0, 0.1) is 0 Å². The van der Waals surface area contributed by atoms with Crippen molar-refractivity contribution in [2.45, 2.75) is 186 Å². The van der Waals surface area contributed by atoms with Crippen LogP contribution >= 0.6 is 7.82 Å². The second-order valence-electron chi connectivity index (χ2n) is 16.1. The molecule has 1 saturated heterocycles. The second kappa shape index (κ2) is 33.2. The third-order valence-corrected chi connectivity index (χ3v) is 10.5. The lowest BCUT2D eigenvalue weighted by molar-refractivity contribution is -0.870. The number of likely N-dealkylation sites (N-methyl/N-ethyl adjacent to an activating group) is 1. The summed E-state index contributed by atoms with van der Waals surface area (Å²) in [5, 5.41) is 0. The number of carbonyl (C=O) groups excluding carboxylic acids is 2. The van der Waals surface area contributed by atoms with E-state index in [1.165, 1.54) is 44.9 Å². The van der Waals surface area contributed by atoms with Gasteiger partial charge in [-0.2, -0.15) is 0 Å². The molecule has 1 rings (SSSR count). The summed E-state index contributed by atoms with van der Waals surface area (Å²) in [5.41, 5.74) is 0. The third-order valence-electron chi connectivity index (χ3n) is 9.56. The van der Waals surface area contributed by atoms with Crippen LogP contribution < -0.4 is 4.89 Å². The van der Waals surface area contributed by atoms with Crippen molar-refractivity contribution in [1.29, 1.82) is 0 Å². The molecule has 3 unspecified atom stereocenters. The summed E-state index contributed by atoms with van der Waals surface area (Å²) >= 11 is 0. The molecule has 1 fully saturated rings. The smallest absolute Gasteiger partial charge is 0.306 e. The van der Waals surface area contributed by atoms with Crippen LogP contribution in [0.4, 0.5) is 0 Å². The van der Waals surface area contributed by atoms with E-state index in [1.807, 2.05) is 21.1 Å². The van der Waals surface area contributed by atoms with E-state index in [0.29, 0.717) is 36.1 Å². The third kappa shape index (κ3) is 34.0. The Bertz CT molecular complexity index is 1100. The predicted octanol–water partition coefficient (Wildman–Crippen LogP) is 10.5. The first kappa shape index (κ1) is 51.2. The zero-order valence-corrected chi connectivity index (χ0v) is 36.5. The van der Waals surface area contributed by atoms with Crippen molar-refractivity contribution in [2.24, 2.45) is 0 Å². The van der Waals surface area contributed by atoms with Gasteiger partial charge in [0.25, 0.3) is 7.82 Å². The van der Waals surface area contributed by atoms with Gasteiger partial charge in [0.05, 0.1) is 40.0 Å². The lowest BCUT2D eigenvalue weighted by atomic mass is 10.1. The van der Waals surface area contributed by atoms with Crippen LogP contribution in [-0.4, -0.2) is 82.2 Å². The number of phosphoric ester groups is 1. The van der Waals surface area contributed by atoms with Gasteiger partial charge >= 0.3 is 11.9 Å². The number of carbonyl (C=O) groups is 2. The van der Waals surface area contributed by atoms with Gasteiger partial charge < -0.3 is 32.6 Å². The van der Waals surface area contributed by atoms with Gasteiger partial charge in [0.2, 0.25) is 0 Å². The number of allylic oxidation sites excluding steroid dienone is 5. The minimum Gasteiger partial charge on any atom is -0.756 e. The van der Waals surface area contributed by atoms with Gasteiger partial charge in [-0.1, -0.05) is 121 Å². The maximum absolute atomic E-state index is 12.7. The molecule has 10 nitrogen and oxygen atoms in total. The molecule has 0 radical (unpaired) electrons. The molecule has 1 heterocycles. The Kier molecular flexibility index (Phi) is 30.9. The van der Waals surface area contributed by atoms with Gasteiger partial charge in [0.1, 0.15) is 19.8 Å². The Morgan fingerprint density at radius 1 is 0.673 bits per heavy atom. The molecule has 320 valence electrons. The van der Waals surface area contributed by atoms with E-state index in [2.05, 4.69) is 50.3 Å². The molecule has 0 aromatic heterocycles. The van der Waals surface area contributed by atoms with Gasteiger partial charge in [-0.05, 0) is 70.6 Å². The molecule has 0 aromatic carbocycles. The summed E-state index contributed by atoms with van der Waals surface area (Å²) in [6.45, 7) is 4.12. The van der Waals surface area contributed by atoms with E-state index in [9.17, 15) is 19.0 Å². The molecule has 0 amide bonds. The van der Waals surface area contributed by atoms with Crippen molar-refractivity contribution < 1.29 is 46.8 Å². The molecule has 1 aliphatic heterocycles. The zero-order valence-electron chi connectivity index (χ0n) is 35.6. The number of ether oxygens (including phenoxy) is 3. The monoisotopic (exact) mass is 798 g/mol. The van der Waals surface area contributed by atoms with Crippen LogP contribution in [0.1, 0.15) is 168 Å². The summed E-state index contributed by atoms with van der Waals surface area (Å²) < 4.78 is 39.7. The molecule has 0 N–H and O–H groups in total. The van der Waals surface area contributed by atoms with Crippen LogP contribution in [0.3, 0.4) is 0 Å². The van der Waals surface area contributed by atoms with E-state index in [0.717, 1.165) is 83.5 Å². The minimum atomic E-state index is -4.64. The van der Waals surface area contributed by atoms with Crippen molar-refractivity contribution >= 4 is 19.8 Å². The lowest BCUT2D eigenvalue weighted by Crippen LogP contribution is -2.37. The zero-order chi connectivity index (χ0) is 40.5. The SMILES string of the molecule is CCCCC/C=C\C/C=C\CCCCCCCC(=O)O[C@H](COC(=O)CCCCCCCC1OC1C/C=C\CCCCC)COP(=O)([O-])OCC[N+](C)(C)C. The standard InChI is InChI=1S/C44H80NO9P/c1-6-8-10-12-14-15-16-17-18-19-20-21-22-26-31-35-44(47)53-40(39-52-55(48,49)51-37-36-45(3,4)5)38-50-43(46)34-30-27-23-25-29-33-42-41(54-42)32-28-24-13-11-9-7-2/h14-15,17-18,24,28,40-42H,6-13,16,19-23,25-27,29-39H2,1-5H3/b15-14-,18-17-,28-24-/t40-,41?,42?/m1/s1. The van der Waals surface area contributed by atoms with Crippen molar-refractivity contribution in [3.05, 3.63) is 36.5 Å². The molecule has 4 atom stereocenters. The molecule has 0 bridgehead atoms. The highest BCUT2D eigenvalue weighted by Crippen LogP contribution is 2.38. The summed E-state index contributed by atoms with van der Waals surface area (Å²) in [7, 11) is 1.13. The van der Waals surface area contributed by atoms with E-state index in [-0.39, 0.29) is 26.1 Å². The van der Waals surface area contributed by atoms with E-state index in [4.69, 9.17) is 23.3 Å². The van der Waals surface area contributed by atoms with E-state index < -0.39 is 32.5 Å². The fourth-order valence-corrected chi connectivity index (χ4v) is 6.71. The molecule has 11 heteroatoms. The predicted molar refractivity (Wildman–Crippen MR) is 221 cm³/mol. The van der Waals surface area contributed by atoms with Gasteiger partial charge in [-0.25, -0.2) is 0 Å². The number of esters is 2. The van der Waals surface area contributed by atoms with Gasteiger partial charge in [0.15, 0.2) is 6.10 Å². The normalized spacial score (nSPS) is 17.6. The number of epoxide rings is 1. The van der Waals surface area contributed by atoms with Gasteiger partial charge in [-0.3, -0.25) is 14.2 Å².